The molecule has 0 aliphatic rings. The summed E-state index contributed by atoms with van der Waals surface area (Å²) in [6.45, 7) is 0.0165. The van der Waals surface area contributed by atoms with Gasteiger partial charge in [-0.2, -0.15) is 0 Å². The molecule has 1 heterocycles. The van der Waals surface area contributed by atoms with Gasteiger partial charge < -0.3 is 4.42 Å². The van der Waals surface area contributed by atoms with Crippen LogP contribution in [-0.4, -0.2) is 39.8 Å². The summed E-state index contributed by atoms with van der Waals surface area (Å²) in [5.41, 5.74) is 0. The summed E-state index contributed by atoms with van der Waals surface area (Å²) < 4.78 is 53.4. The second-order valence-corrected chi connectivity index (χ2v) is 7.86. The number of hydrogen-bond donors (Lipinski definition) is 1. The summed E-state index contributed by atoms with van der Waals surface area (Å²) in [5, 5.41) is 6.44. The molecule has 1 aromatic heterocycles. The number of rotatable bonds is 6. The zero-order valence-corrected chi connectivity index (χ0v) is 12.7. The maximum absolute atomic E-state index is 11.9. The van der Waals surface area contributed by atoms with Crippen molar-refractivity contribution in [3.8, 4) is 0 Å². The molecule has 1 aromatic carbocycles. The van der Waals surface area contributed by atoms with E-state index in [0.29, 0.717) is 0 Å². The molecule has 0 aliphatic carbocycles. The number of benzene rings is 1. The van der Waals surface area contributed by atoms with E-state index in [2.05, 4.69) is 14.9 Å². The second kappa shape index (κ2) is 5.92. The molecule has 2 rings (SSSR count). The first kappa shape index (κ1) is 15.6. The lowest BCUT2D eigenvalue weighted by Gasteiger charge is -2.04. The van der Waals surface area contributed by atoms with Crippen molar-refractivity contribution < 1.29 is 21.3 Å². The SMILES string of the molecule is CS(=O)(=O)c1nnc(CCNS(=O)(=O)c2ccccc2)o1. The van der Waals surface area contributed by atoms with Crippen LogP contribution in [0.25, 0.3) is 0 Å². The van der Waals surface area contributed by atoms with Crippen LogP contribution in [0.2, 0.25) is 0 Å². The molecule has 0 unspecified atom stereocenters. The number of sulfonamides is 1. The zero-order valence-electron chi connectivity index (χ0n) is 11.1. The van der Waals surface area contributed by atoms with Gasteiger partial charge in [-0.15, -0.1) is 5.10 Å². The highest BCUT2D eigenvalue weighted by Crippen LogP contribution is 2.09. The Labute approximate surface area is 122 Å². The molecule has 0 saturated heterocycles. The molecule has 10 heteroatoms. The van der Waals surface area contributed by atoms with Crippen molar-refractivity contribution in [2.24, 2.45) is 0 Å². The molecule has 0 aliphatic heterocycles. The van der Waals surface area contributed by atoms with E-state index in [1.807, 2.05) is 0 Å². The van der Waals surface area contributed by atoms with Crippen LogP contribution in [0.4, 0.5) is 0 Å². The molecular formula is C11H13N3O5S2. The van der Waals surface area contributed by atoms with Gasteiger partial charge in [-0.25, -0.2) is 21.6 Å². The Morgan fingerprint density at radius 2 is 1.76 bits per heavy atom. The van der Waals surface area contributed by atoms with Crippen LogP contribution in [0.1, 0.15) is 5.89 Å². The number of hydrogen-bond acceptors (Lipinski definition) is 7. The predicted molar refractivity (Wildman–Crippen MR) is 72.7 cm³/mol. The summed E-state index contributed by atoms with van der Waals surface area (Å²) in [6.07, 6.45) is 1.04. The Hall–Kier alpha value is -1.78. The first-order valence-corrected chi connectivity index (χ1v) is 9.24. The van der Waals surface area contributed by atoms with Gasteiger partial charge in [0, 0.05) is 19.2 Å². The summed E-state index contributed by atoms with van der Waals surface area (Å²) >= 11 is 0. The van der Waals surface area contributed by atoms with Crippen molar-refractivity contribution in [1.29, 1.82) is 0 Å². The van der Waals surface area contributed by atoms with Gasteiger partial charge in [0.15, 0.2) is 0 Å². The van der Waals surface area contributed by atoms with Gasteiger partial charge in [0.05, 0.1) is 4.90 Å². The zero-order chi connectivity index (χ0) is 15.5. The molecule has 21 heavy (non-hydrogen) atoms. The van der Waals surface area contributed by atoms with Gasteiger partial charge in [-0.3, -0.25) is 0 Å². The van der Waals surface area contributed by atoms with E-state index in [1.165, 1.54) is 12.1 Å². The first-order valence-electron chi connectivity index (χ1n) is 5.86. The summed E-state index contributed by atoms with van der Waals surface area (Å²) in [5.74, 6) is 0.0474. The average molecular weight is 331 g/mol. The topological polar surface area (TPSA) is 119 Å². The van der Waals surface area contributed by atoms with Crippen molar-refractivity contribution in [1.82, 2.24) is 14.9 Å². The van der Waals surface area contributed by atoms with E-state index >= 15 is 0 Å². The van der Waals surface area contributed by atoms with Crippen LogP contribution in [0.5, 0.6) is 0 Å². The van der Waals surface area contributed by atoms with Crippen molar-refractivity contribution in [3.05, 3.63) is 36.2 Å². The molecule has 0 atom stereocenters. The molecule has 114 valence electrons. The Balaban J connectivity index is 1.97. The summed E-state index contributed by atoms with van der Waals surface area (Å²) in [6, 6.07) is 7.88. The predicted octanol–water partition coefficient (Wildman–Crippen LogP) is -0.00590. The Bertz CT molecular complexity index is 813. The third kappa shape index (κ3) is 4.09. The highest BCUT2D eigenvalue weighted by molar-refractivity contribution is 7.90. The van der Waals surface area contributed by atoms with E-state index in [4.69, 9.17) is 4.42 Å². The summed E-state index contributed by atoms with van der Waals surface area (Å²) in [7, 11) is -7.17. The number of nitrogens with zero attached hydrogens (tertiary/aromatic N) is 2. The van der Waals surface area contributed by atoms with Gasteiger partial charge in [-0.1, -0.05) is 23.3 Å². The molecule has 0 radical (unpaired) electrons. The second-order valence-electron chi connectivity index (χ2n) is 4.19. The van der Waals surface area contributed by atoms with Crippen LogP contribution < -0.4 is 4.72 Å². The molecular weight excluding hydrogens is 318 g/mol. The van der Waals surface area contributed by atoms with E-state index in [0.717, 1.165) is 6.26 Å². The minimum atomic E-state index is -3.61. The van der Waals surface area contributed by atoms with E-state index in [9.17, 15) is 16.8 Å². The van der Waals surface area contributed by atoms with Gasteiger partial charge in [0.1, 0.15) is 0 Å². The highest BCUT2D eigenvalue weighted by atomic mass is 32.2. The van der Waals surface area contributed by atoms with Crippen LogP contribution in [-0.2, 0) is 26.3 Å². The number of nitrogens with one attached hydrogen (secondary N) is 1. The monoisotopic (exact) mass is 331 g/mol. The standard InChI is InChI=1S/C11H13N3O5S2/c1-20(15,16)11-14-13-10(19-11)7-8-12-21(17,18)9-5-3-2-4-6-9/h2-6,12H,7-8H2,1H3. The number of sulfone groups is 1. The minimum Gasteiger partial charge on any atom is -0.412 e. The lowest BCUT2D eigenvalue weighted by molar-refractivity contribution is 0.397. The van der Waals surface area contributed by atoms with Crippen LogP contribution >= 0.6 is 0 Å². The van der Waals surface area contributed by atoms with Crippen LogP contribution in [0.15, 0.2) is 44.9 Å². The van der Waals surface area contributed by atoms with Crippen molar-refractivity contribution >= 4 is 19.9 Å². The fourth-order valence-corrected chi connectivity index (χ4v) is 2.95. The van der Waals surface area contributed by atoms with E-state index < -0.39 is 25.1 Å². The van der Waals surface area contributed by atoms with Crippen molar-refractivity contribution in [2.75, 3.05) is 12.8 Å². The van der Waals surface area contributed by atoms with Crippen LogP contribution in [0, 0.1) is 0 Å². The molecule has 0 fully saturated rings. The molecule has 0 saturated carbocycles. The maximum Gasteiger partial charge on any atom is 0.335 e. The van der Waals surface area contributed by atoms with Gasteiger partial charge in [0.25, 0.3) is 0 Å². The Morgan fingerprint density at radius 1 is 1.10 bits per heavy atom. The molecule has 0 amide bonds. The van der Waals surface area contributed by atoms with Crippen molar-refractivity contribution in [3.63, 3.8) is 0 Å². The molecule has 2 aromatic rings. The quantitative estimate of drug-likeness (QED) is 0.790. The fraction of sp³-hybridized carbons (Fsp3) is 0.273. The molecule has 8 nitrogen and oxygen atoms in total. The van der Waals surface area contributed by atoms with Gasteiger partial charge in [-0.05, 0) is 12.1 Å². The lowest BCUT2D eigenvalue weighted by atomic mass is 10.4. The minimum absolute atomic E-state index is 0.0165. The fourth-order valence-electron chi connectivity index (χ4n) is 1.46. The first-order chi connectivity index (χ1) is 9.79. The van der Waals surface area contributed by atoms with Gasteiger partial charge >= 0.3 is 5.22 Å². The van der Waals surface area contributed by atoms with Crippen LogP contribution in [0.3, 0.4) is 0 Å². The third-order valence-corrected chi connectivity index (χ3v) is 4.73. The third-order valence-electron chi connectivity index (χ3n) is 2.45. The normalized spacial score (nSPS) is 12.4. The lowest BCUT2D eigenvalue weighted by Crippen LogP contribution is -2.26. The molecule has 1 N–H and O–H groups in total. The van der Waals surface area contributed by atoms with Crippen molar-refractivity contribution in [2.45, 2.75) is 16.5 Å². The highest BCUT2D eigenvalue weighted by Gasteiger charge is 2.17. The Kier molecular flexibility index (Phi) is 4.40. The molecule has 0 bridgehead atoms. The number of aromatic nitrogens is 2. The van der Waals surface area contributed by atoms with E-state index in [-0.39, 0.29) is 23.8 Å². The maximum atomic E-state index is 11.9. The largest absolute Gasteiger partial charge is 0.412 e. The summed E-state index contributed by atoms with van der Waals surface area (Å²) in [4.78, 5) is 0.146. The van der Waals surface area contributed by atoms with E-state index in [1.54, 1.807) is 18.2 Å². The van der Waals surface area contributed by atoms with Gasteiger partial charge in [0.2, 0.25) is 25.8 Å². The smallest absolute Gasteiger partial charge is 0.335 e. The Morgan fingerprint density at radius 3 is 2.33 bits per heavy atom. The molecule has 0 spiro atoms. The average Bonchev–Trinajstić information content (AvgIpc) is 2.88.